The molecule has 12 aromatic carbocycles. The fourth-order valence-electron chi connectivity index (χ4n) is 16.2. The van der Waals surface area contributed by atoms with Crippen molar-refractivity contribution in [3.05, 3.63) is 318 Å². The van der Waals surface area contributed by atoms with Crippen molar-refractivity contribution in [2.45, 2.75) is 229 Å². The molecule has 0 fully saturated rings. The Kier molecular flexibility index (Phi) is 28.5. The fraction of sp³-hybridized carbons (Fsp3) is 0.288. The van der Waals surface area contributed by atoms with Crippen molar-refractivity contribution >= 4 is 131 Å². The summed E-state index contributed by atoms with van der Waals surface area (Å²) in [5, 5.41) is 76.9. The molecule has 12 bridgehead atoms. The topological polar surface area (TPSA) is 276 Å². The van der Waals surface area contributed by atoms with Gasteiger partial charge in [-0.25, -0.2) is 0 Å². The SMILES string of the molecule is Cc1cc2c(C)nc3cc(C)c(C)cc3nc(C)c3cc(C)cc(c(C)nc4cc(C)c(C)cc4nc(C)c(c1)c2O)c3O.Cc1cc2ncc3cc(C(C)(C)C)cc(cnc4cc(C)c(C)cc4ncc4cc(C(C)(C)C)cc(cnc2cc1C)c4O)c3O.Cc1nc2ccccc2nc(C)c2cc(C(C)(C)C)cc(c(C)nc3ccccc3nc(C)c3cc(C(C)(C)C)cc1c3O)c2O. The zero-order chi connectivity index (χ0) is 99.1. The summed E-state index contributed by atoms with van der Waals surface area (Å²) in [4.78, 5) is 59.5. The molecule has 0 aliphatic rings. The lowest BCUT2D eigenvalue weighted by atomic mass is 9.85. The van der Waals surface area contributed by atoms with E-state index in [1.165, 1.54) is 0 Å². The highest BCUT2D eigenvalue weighted by atomic mass is 16.3. The smallest absolute Gasteiger partial charge is 0.133 e. The lowest BCUT2D eigenvalue weighted by Gasteiger charge is -2.20. The molecule has 0 radical (unpaired) electrons. The highest BCUT2D eigenvalue weighted by Gasteiger charge is 2.23. The van der Waals surface area contributed by atoms with Crippen LogP contribution in [0.3, 0.4) is 0 Å². The Balaban J connectivity index is 0.000000173. The van der Waals surface area contributed by atoms with Gasteiger partial charge in [0.2, 0.25) is 0 Å². The van der Waals surface area contributed by atoms with Gasteiger partial charge in [-0.1, -0.05) is 107 Å². The summed E-state index contributed by atoms with van der Waals surface area (Å²) in [6.45, 7) is 61.3. The van der Waals surface area contributed by atoms with E-state index in [4.69, 9.17) is 59.8 Å². The average molecular weight is 1810 g/mol. The molecule has 696 valence electrons. The Hall–Kier alpha value is -14.5. The molecule has 6 N–H and O–H groups in total. The number of hydrogen-bond acceptors (Lipinski definition) is 18. The van der Waals surface area contributed by atoms with E-state index in [-0.39, 0.29) is 56.2 Å². The van der Waals surface area contributed by atoms with Crippen molar-refractivity contribution < 1.29 is 30.6 Å². The highest BCUT2D eigenvalue weighted by Crippen LogP contribution is 2.41. The fourth-order valence-corrected chi connectivity index (χ4v) is 16.2. The van der Waals surface area contributed by atoms with E-state index in [1.807, 2.05) is 294 Å². The molecule has 18 heteroatoms. The first kappa shape index (κ1) is 99.0. The number of aromatic hydroxyl groups is 6. The maximum absolute atomic E-state index is 11.7. The molecular formula is C118H128N12O6. The van der Waals surface area contributed by atoms with Gasteiger partial charge in [0.05, 0.1) is 66.2 Å². The van der Waals surface area contributed by atoms with Crippen LogP contribution in [0.1, 0.15) is 207 Å². The summed E-state index contributed by atoms with van der Waals surface area (Å²) in [6.07, 6.45) is 6.76. The summed E-state index contributed by atoms with van der Waals surface area (Å²) >= 11 is 0. The van der Waals surface area contributed by atoms with Crippen LogP contribution < -0.4 is 0 Å². The van der Waals surface area contributed by atoms with Crippen LogP contribution in [0.25, 0.3) is 131 Å². The molecule has 15 rings (SSSR count). The predicted octanol–water partition coefficient (Wildman–Crippen LogP) is 29.0. The van der Waals surface area contributed by atoms with Crippen LogP contribution in [-0.4, -0.2) is 90.4 Å². The van der Waals surface area contributed by atoms with E-state index in [9.17, 15) is 30.6 Å². The van der Waals surface area contributed by atoms with Crippen LogP contribution in [0.5, 0.6) is 34.5 Å². The first-order valence-corrected chi connectivity index (χ1v) is 46.2. The lowest BCUT2D eigenvalue weighted by Crippen LogP contribution is -2.11. The number of fused-ring (bicyclic) bond motifs is 18. The van der Waals surface area contributed by atoms with Gasteiger partial charge in [0.15, 0.2) is 0 Å². The molecule has 136 heavy (non-hydrogen) atoms. The van der Waals surface area contributed by atoms with Crippen molar-refractivity contribution in [2.24, 2.45) is 0 Å². The monoisotopic (exact) mass is 1810 g/mol. The third kappa shape index (κ3) is 22.1. The minimum Gasteiger partial charge on any atom is -0.507 e. The molecule has 0 aliphatic carbocycles. The van der Waals surface area contributed by atoms with E-state index < -0.39 is 0 Å². The van der Waals surface area contributed by atoms with E-state index in [0.717, 1.165) is 77.9 Å². The van der Waals surface area contributed by atoms with Gasteiger partial charge < -0.3 is 30.6 Å². The van der Waals surface area contributed by atoms with Crippen LogP contribution in [0.2, 0.25) is 0 Å². The predicted molar refractivity (Wildman–Crippen MR) is 565 cm³/mol. The van der Waals surface area contributed by atoms with Crippen molar-refractivity contribution in [3.63, 3.8) is 0 Å². The number of aromatic nitrogens is 12. The van der Waals surface area contributed by atoms with Crippen LogP contribution in [-0.2, 0) is 21.7 Å². The van der Waals surface area contributed by atoms with E-state index >= 15 is 0 Å². The van der Waals surface area contributed by atoms with Gasteiger partial charge in [0.1, 0.15) is 34.5 Å². The van der Waals surface area contributed by atoms with Crippen LogP contribution >= 0.6 is 0 Å². The molecule has 0 saturated heterocycles. The first-order valence-electron chi connectivity index (χ1n) is 46.2. The Bertz CT molecular complexity index is 7190. The van der Waals surface area contributed by atoms with Gasteiger partial charge >= 0.3 is 0 Å². The molecule has 0 unspecified atom stereocenters. The molecule has 0 atom stereocenters. The summed E-state index contributed by atoms with van der Waals surface area (Å²) in [6, 6.07) is 55.1. The molecule has 0 spiro atoms. The quantitative estimate of drug-likeness (QED) is 0.0823. The maximum Gasteiger partial charge on any atom is 0.133 e. The molecule has 0 amide bonds. The Morgan fingerprint density at radius 1 is 0.176 bits per heavy atom. The minimum absolute atomic E-state index is 0.0963. The van der Waals surface area contributed by atoms with Crippen molar-refractivity contribution in [1.82, 2.24) is 59.8 Å². The number of hydrogen-bond donors (Lipinski definition) is 6. The van der Waals surface area contributed by atoms with Crippen LogP contribution in [0.4, 0.5) is 0 Å². The lowest BCUT2D eigenvalue weighted by molar-refractivity contribution is 0.485. The number of benzene rings is 12. The van der Waals surface area contributed by atoms with E-state index in [1.54, 1.807) is 24.8 Å². The number of nitrogens with zero attached hydrogens (tertiary/aromatic N) is 12. The number of phenols is 6. The third-order valence-corrected chi connectivity index (χ3v) is 25.5. The van der Waals surface area contributed by atoms with Gasteiger partial charge in [-0.2, -0.15) is 0 Å². The number of aryl methyl sites for hydroxylation is 18. The molecular weight excluding hydrogens is 1680 g/mol. The zero-order valence-electron chi connectivity index (χ0n) is 84.5. The minimum atomic E-state index is -0.186. The molecule has 15 aromatic rings. The van der Waals surface area contributed by atoms with Gasteiger partial charge in [-0.3, -0.25) is 59.8 Å². The van der Waals surface area contributed by atoms with E-state index in [0.29, 0.717) is 176 Å². The molecule has 0 saturated carbocycles. The number of rotatable bonds is 0. The number of para-hydroxylation sites is 4. The van der Waals surface area contributed by atoms with Gasteiger partial charge in [0, 0.05) is 135 Å². The van der Waals surface area contributed by atoms with Crippen molar-refractivity contribution in [2.75, 3.05) is 0 Å². The van der Waals surface area contributed by atoms with Crippen molar-refractivity contribution in [1.29, 1.82) is 0 Å². The molecule has 0 aliphatic heterocycles. The van der Waals surface area contributed by atoms with Crippen LogP contribution in [0, 0.1) is 125 Å². The third-order valence-electron chi connectivity index (χ3n) is 25.5. The average Bonchev–Trinajstić information content (AvgIpc) is 0.774. The highest BCUT2D eigenvalue weighted by molar-refractivity contribution is 5.93. The summed E-state index contributed by atoms with van der Waals surface area (Å²) in [5.74, 6) is 0.702. The first-order chi connectivity index (χ1) is 63.8. The second-order valence-electron chi connectivity index (χ2n) is 40.6. The van der Waals surface area contributed by atoms with Gasteiger partial charge in [0.25, 0.3) is 0 Å². The zero-order valence-corrected chi connectivity index (χ0v) is 84.5. The van der Waals surface area contributed by atoms with Gasteiger partial charge in [-0.15, -0.1) is 0 Å². The number of phenolic OH excluding ortho intramolecular Hbond substituents is 6. The maximum atomic E-state index is 11.7. The summed E-state index contributed by atoms with van der Waals surface area (Å²) in [5.41, 5.74) is 27.3. The Morgan fingerprint density at radius 2 is 0.331 bits per heavy atom. The normalized spacial score (nSPS) is 11.6. The van der Waals surface area contributed by atoms with Crippen LogP contribution in [0.15, 0.2) is 195 Å². The second kappa shape index (κ2) is 39.2. The second-order valence-corrected chi connectivity index (χ2v) is 40.6. The largest absolute Gasteiger partial charge is 0.507 e. The summed E-state index contributed by atoms with van der Waals surface area (Å²) < 4.78 is 0. The Morgan fingerprint density at radius 3 is 0.507 bits per heavy atom. The summed E-state index contributed by atoms with van der Waals surface area (Å²) in [7, 11) is 0. The van der Waals surface area contributed by atoms with Crippen molar-refractivity contribution in [3.8, 4) is 34.5 Å². The molecule has 3 aromatic heterocycles. The van der Waals surface area contributed by atoms with Gasteiger partial charge in [-0.05, 0) is 370 Å². The molecule has 3 heterocycles. The molecule has 18 nitrogen and oxygen atoms in total. The van der Waals surface area contributed by atoms with E-state index in [2.05, 4.69) is 83.1 Å². The standard InChI is InChI=1S/2C40H44N4O2.C38H40N4O2/c1-23-11-33-34(12-24(23)2)42-20-28-16-32(40(8,9)10)18-30(38(28)46)22-44-36-14-26(4)25(3)13-35(36)43-21-29-17-31(39(5,6)7)15-27(19-41-33)37(29)45;1-23-29-19-27(39(5,6)7)20-30(37(29)45)24(2)43-35-17-13-14-18-36(35)44-26(4)32-22-28(40(8,9)10)21-31(38(32)46)25(3)42-34-16-12-11-15-33(34)41-23;1-19-11-29-25(7)39-33-15-21(3)23(5)17-35(33)41-27(9)31-13-20(2)14-32(38(31)44)28(10)42-36-18-24(6)22(4)16-34(36)40-26(8)30(12-19)37(29)43/h2*11-22,45-46H,1-10H3;11-18,43-44H,1-10H3. The Labute approximate surface area is 798 Å².